The van der Waals surface area contributed by atoms with Gasteiger partial charge in [0, 0.05) is 12.2 Å². The lowest BCUT2D eigenvalue weighted by atomic mass is 10.4. The Bertz CT molecular complexity index is 352. The maximum Gasteiger partial charge on any atom is 0.330 e. The second kappa shape index (κ2) is 11.0. The number of rotatable bonds is 11. The summed E-state index contributed by atoms with van der Waals surface area (Å²) in [6, 6.07) is 0. The van der Waals surface area contributed by atoms with Crippen LogP contribution in [0.5, 0.6) is 0 Å². The molecule has 0 aliphatic heterocycles. The van der Waals surface area contributed by atoms with Gasteiger partial charge in [-0.05, 0) is 20.8 Å². The number of hydrogen-bond acceptors (Lipinski definition) is 6. The minimum Gasteiger partial charge on any atom is -0.460 e. The zero-order chi connectivity index (χ0) is 16.3. The van der Waals surface area contributed by atoms with Crippen molar-refractivity contribution in [2.45, 2.75) is 39.1 Å². The zero-order valence-corrected chi connectivity index (χ0v) is 12.9. The van der Waals surface area contributed by atoms with Crippen LogP contribution in [0.2, 0.25) is 0 Å². The fraction of sp³-hybridized carbons (Fsp3) is 0.600. The molecule has 0 rings (SSSR count). The van der Waals surface area contributed by atoms with E-state index >= 15 is 0 Å². The smallest absolute Gasteiger partial charge is 0.330 e. The molecule has 6 nitrogen and oxygen atoms in total. The van der Waals surface area contributed by atoms with Crippen molar-refractivity contribution in [3.05, 3.63) is 25.3 Å². The van der Waals surface area contributed by atoms with E-state index in [0.717, 1.165) is 12.2 Å². The first-order chi connectivity index (χ1) is 9.88. The highest BCUT2D eigenvalue weighted by atomic mass is 16.6. The number of ether oxygens (including phenoxy) is 4. The van der Waals surface area contributed by atoms with Crippen LogP contribution in [-0.2, 0) is 28.5 Å². The summed E-state index contributed by atoms with van der Waals surface area (Å²) < 4.78 is 20.8. The molecule has 0 aromatic carbocycles. The molecule has 0 amide bonds. The van der Waals surface area contributed by atoms with Gasteiger partial charge in [-0.3, -0.25) is 0 Å². The van der Waals surface area contributed by atoms with Gasteiger partial charge in [-0.25, -0.2) is 9.59 Å². The Morgan fingerprint density at radius 3 is 1.86 bits per heavy atom. The monoisotopic (exact) mass is 300 g/mol. The van der Waals surface area contributed by atoms with Crippen LogP contribution >= 0.6 is 0 Å². The normalized spacial score (nSPS) is 14.6. The van der Waals surface area contributed by atoms with Crippen molar-refractivity contribution in [2.75, 3.05) is 19.8 Å². The molecule has 0 spiro atoms. The standard InChI is InChI=1S/C15H24O6/c1-6-14(16)20-9-12(4)18-8-11(3)19-10-13(5)21-15(17)7-2/h6-7,11-13H,1-2,8-10H2,3-5H3/t11-,12-,13-/m0/s1. The molecule has 0 N–H and O–H groups in total. The molecular formula is C15H24O6. The maximum atomic E-state index is 11.0. The summed E-state index contributed by atoms with van der Waals surface area (Å²) in [5.74, 6) is -0.958. The van der Waals surface area contributed by atoms with Gasteiger partial charge >= 0.3 is 11.9 Å². The average Bonchev–Trinajstić information content (AvgIpc) is 2.47. The molecule has 0 aromatic rings. The van der Waals surface area contributed by atoms with E-state index in [1.807, 2.05) is 6.92 Å². The van der Waals surface area contributed by atoms with Gasteiger partial charge < -0.3 is 18.9 Å². The number of carbonyl (C=O) groups excluding carboxylic acids is 2. The van der Waals surface area contributed by atoms with Gasteiger partial charge in [-0.15, -0.1) is 0 Å². The highest BCUT2D eigenvalue weighted by molar-refractivity contribution is 5.81. The number of carbonyl (C=O) groups is 2. The zero-order valence-electron chi connectivity index (χ0n) is 12.9. The average molecular weight is 300 g/mol. The van der Waals surface area contributed by atoms with Crippen molar-refractivity contribution < 1.29 is 28.5 Å². The Hall–Kier alpha value is -1.66. The summed E-state index contributed by atoms with van der Waals surface area (Å²) in [5, 5.41) is 0. The second-order valence-corrected chi connectivity index (χ2v) is 4.57. The molecule has 0 saturated carbocycles. The van der Waals surface area contributed by atoms with Gasteiger partial charge in [-0.2, -0.15) is 0 Å². The minimum atomic E-state index is -0.479. The molecular weight excluding hydrogens is 276 g/mol. The van der Waals surface area contributed by atoms with E-state index in [0.29, 0.717) is 6.61 Å². The van der Waals surface area contributed by atoms with E-state index in [2.05, 4.69) is 13.2 Å². The summed E-state index contributed by atoms with van der Waals surface area (Å²) in [6.07, 6.45) is 1.44. The first-order valence-electron chi connectivity index (χ1n) is 6.74. The fourth-order valence-electron chi connectivity index (χ4n) is 1.23. The summed E-state index contributed by atoms with van der Waals surface area (Å²) in [4.78, 5) is 21.8. The highest BCUT2D eigenvalue weighted by Gasteiger charge is 2.12. The lowest BCUT2D eigenvalue weighted by molar-refractivity contribution is -0.148. The quantitative estimate of drug-likeness (QED) is 0.427. The van der Waals surface area contributed by atoms with E-state index in [9.17, 15) is 9.59 Å². The number of hydrogen-bond donors (Lipinski definition) is 0. The molecule has 120 valence electrons. The summed E-state index contributed by atoms with van der Waals surface area (Å²) >= 11 is 0. The molecule has 0 fully saturated rings. The molecule has 3 atom stereocenters. The third-order valence-electron chi connectivity index (χ3n) is 2.34. The van der Waals surface area contributed by atoms with E-state index in [-0.39, 0.29) is 31.5 Å². The Kier molecular flexibility index (Phi) is 10.2. The Labute approximate surface area is 125 Å². The van der Waals surface area contributed by atoms with Crippen LogP contribution in [0.25, 0.3) is 0 Å². The molecule has 0 bridgehead atoms. The molecule has 0 radical (unpaired) electrons. The third kappa shape index (κ3) is 10.8. The maximum absolute atomic E-state index is 11.0. The lowest BCUT2D eigenvalue weighted by Crippen LogP contribution is -2.27. The molecule has 0 aliphatic rings. The first-order valence-corrected chi connectivity index (χ1v) is 6.74. The molecule has 0 saturated heterocycles. The van der Waals surface area contributed by atoms with E-state index in [1.54, 1.807) is 13.8 Å². The van der Waals surface area contributed by atoms with Crippen LogP contribution in [0.15, 0.2) is 25.3 Å². The van der Waals surface area contributed by atoms with Gasteiger partial charge in [0.15, 0.2) is 0 Å². The lowest BCUT2D eigenvalue weighted by Gasteiger charge is -2.19. The molecule has 0 heterocycles. The third-order valence-corrected chi connectivity index (χ3v) is 2.34. The Morgan fingerprint density at radius 2 is 1.33 bits per heavy atom. The molecule has 0 aliphatic carbocycles. The number of esters is 2. The molecule has 0 unspecified atom stereocenters. The SMILES string of the molecule is C=CC(=O)OC[C@H](C)OC[C@H](C)OC[C@H](C)OC(=O)C=C. The first kappa shape index (κ1) is 19.3. The molecule has 6 heteroatoms. The van der Waals surface area contributed by atoms with Crippen molar-refractivity contribution in [3.63, 3.8) is 0 Å². The van der Waals surface area contributed by atoms with E-state index in [1.165, 1.54) is 0 Å². The predicted octanol–water partition coefficient (Wildman–Crippen LogP) is 1.64. The predicted molar refractivity (Wildman–Crippen MR) is 77.7 cm³/mol. The topological polar surface area (TPSA) is 71.1 Å². The molecule has 0 aromatic heterocycles. The van der Waals surface area contributed by atoms with Crippen LogP contribution in [0.4, 0.5) is 0 Å². The summed E-state index contributed by atoms with van der Waals surface area (Å²) in [7, 11) is 0. The van der Waals surface area contributed by atoms with Crippen LogP contribution in [0, 0.1) is 0 Å². The van der Waals surface area contributed by atoms with Crippen molar-refractivity contribution >= 4 is 11.9 Å². The van der Waals surface area contributed by atoms with Crippen molar-refractivity contribution in [1.82, 2.24) is 0 Å². The van der Waals surface area contributed by atoms with Gasteiger partial charge in [-0.1, -0.05) is 13.2 Å². The minimum absolute atomic E-state index is 0.158. The molecule has 21 heavy (non-hydrogen) atoms. The summed E-state index contributed by atoms with van der Waals surface area (Å²) in [5.41, 5.74) is 0. The fourth-order valence-corrected chi connectivity index (χ4v) is 1.23. The Morgan fingerprint density at radius 1 is 0.857 bits per heavy atom. The van der Waals surface area contributed by atoms with Crippen molar-refractivity contribution in [2.24, 2.45) is 0 Å². The van der Waals surface area contributed by atoms with Gasteiger partial charge in [0.25, 0.3) is 0 Å². The van der Waals surface area contributed by atoms with Crippen molar-refractivity contribution in [3.8, 4) is 0 Å². The Balaban J connectivity index is 3.76. The second-order valence-electron chi connectivity index (χ2n) is 4.57. The largest absolute Gasteiger partial charge is 0.460 e. The van der Waals surface area contributed by atoms with Gasteiger partial charge in [0.1, 0.15) is 12.7 Å². The van der Waals surface area contributed by atoms with E-state index in [4.69, 9.17) is 18.9 Å². The van der Waals surface area contributed by atoms with Crippen molar-refractivity contribution in [1.29, 1.82) is 0 Å². The van der Waals surface area contributed by atoms with Gasteiger partial charge in [0.05, 0.1) is 25.4 Å². The highest BCUT2D eigenvalue weighted by Crippen LogP contribution is 2.01. The van der Waals surface area contributed by atoms with Crippen LogP contribution < -0.4 is 0 Å². The van der Waals surface area contributed by atoms with Gasteiger partial charge in [0.2, 0.25) is 0 Å². The van der Waals surface area contributed by atoms with Crippen LogP contribution in [0.3, 0.4) is 0 Å². The van der Waals surface area contributed by atoms with Crippen LogP contribution in [0.1, 0.15) is 20.8 Å². The summed E-state index contributed by atoms with van der Waals surface area (Å²) in [6.45, 7) is 12.7. The van der Waals surface area contributed by atoms with E-state index < -0.39 is 11.9 Å². The van der Waals surface area contributed by atoms with Crippen LogP contribution in [-0.4, -0.2) is 50.1 Å².